The first-order valence-corrected chi connectivity index (χ1v) is 15.4. The summed E-state index contributed by atoms with van der Waals surface area (Å²) in [6.07, 6.45) is 0. The van der Waals surface area contributed by atoms with Crippen molar-refractivity contribution in [3.8, 4) is 22.3 Å². The van der Waals surface area contributed by atoms with E-state index in [1.165, 1.54) is 5.69 Å². The molecule has 5 aromatic rings. The number of carboxylic acids is 1. The van der Waals surface area contributed by atoms with Crippen LogP contribution in [0.2, 0.25) is 5.02 Å². The van der Waals surface area contributed by atoms with Gasteiger partial charge in [0.15, 0.2) is 0 Å². The third-order valence-corrected chi connectivity index (χ3v) is 9.02. The number of carbonyl (C=O) groups excluding carboxylic acids is 1. The molecule has 0 aliphatic carbocycles. The van der Waals surface area contributed by atoms with Crippen molar-refractivity contribution in [1.82, 2.24) is 9.47 Å². The second kappa shape index (κ2) is 12.4. The highest BCUT2D eigenvalue weighted by atomic mass is 35.5. The zero-order valence-corrected chi connectivity index (χ0v) is 25.4. The average molecular weight is 618 g/mol. The standard InChI is InChI=1S/C37H32ClN3O4/c38-34-21-25(29-8-2-3-9-30(29)31-10-4-5-11-32(31)37(43)44)13-16-33(34)36(42)41-24-28-15-14-27(23-39-17-19-45-20-18-39)40(28)22-26-7-1-6-12-35(26)41/h1-16,21H,17-20,22-24H2,(H,43,44). The molecule has 2 aliphatic heterocycles. The summed E-state index contributed by atoms with van der Waals surface area (Å²) in [7, 11) is 0. The first kappa shape index (κ1) is 29.0. The second-order valence-corrected chi connectivity index (χ2v) is 11.8. The Bertz CT molecular complexity index is 1910. The number of carbonyl (C=O) groups is 2. The van der Waals surface area contributed by atoms with Crippen LogP contribution in [0.1, 0.15) is 37.7 Å². The Morgan fingerprint density at radius 2 is 1.47 bits per heavy atom. The molecule has 1 N–H and O–H groups in total. The summed E-state index contributed by atoms with van der Waals surface area (Å²) in [5.74, 6) is -1.16. The maximum Gasteiger partial charge on any atom is 0.336 e. The van der Waals surface area contributed by atoms with Gasteiger partial charge in [0.2, 0.25) is 0 Å². The number of hydrogen-bond donors (Lipinski definition) is 1. The van der Waals surface area contributed by atoms with Crippen LogP contribution in [0.3, 0.4) is 0 Å². The van der Waals surface area contributed by atoms with Crippen molar-refractivity contribution in [2.24, 2.45) is 0 Å². The maximum atomic E-state index is 14.3. The molecular weight excluding hydrogens is 586 g/mol. The van der Waals surface area contributed by atoms with Gasteiger partial charge in [-0.1, -0.05) is 78.3 Å². The fraction of sp³-hybridized carbons (Fsp3) is 0.189. The zero-order valence-electron chi connectivity index (χ0n) is 24.7. The van der Waals surface area contributed by atoms with Crippen LogP contribution in [0, 0.1) is 0 Å². The highest BCUT2D eigenvalue weighted by Crippen LogP contribution is 2.37. The number of fused-ring (bicyclic) bond motifs is 2. The average Bonchev–Trinajstić information content (AvgIpc) is 3.34. The van der Waals surface area contributed by atoms with E-state index in [-0.39, 0.29) is 11.5 Å². The number of para-hydroxylation sites is 1. The zero-order chi connectivity index (χ0) is 30.9. The third-order valence-electron chi connectivity index (χ3n) is 8.71. The van der Waals surface area contributed by atoms with Crippen molar-refractivity contribution in [2.45, 2.75) is 19.6 Å². The number of morpholine rings is 1. The maximum absolute atomic E-state index is 14.3. The molecular formula is C37H32ClN3O4. The van der Waals surface area contributed by atoms with Gasteiger partial charge in [-0.2, -0.15) is 0 Å². The number of aromatic carboxylic acids is 1. The van der Waals surface area contributed by atoms with Crippen LogP contribution < -0.4 is 4.90 Å². The number of benzene rings is 4. The van der Waals surface area contributed by atoms with E-state index in [0.717, 1.165) is 66.5 Å². The van der Waals surface area contributed by atoms with Gasteiger partial charge in [-0.3, -0.25) is 9.69 Å². The molecule has 1 saturated heterocycles. The van der Waals surface area contributed by atoms with Gasteiger partial charge in [-0.05, 0) is 64.2 Å². The van der Waals surface area contributed by atoms with Gasteiger partial charge in [0.05, 0.1) is 35.9 Å². The number of anilines is 1. The minimum atomic E-state index is -0.989. The summed E-state index contributed by atoms with van der Waals surface area (Å²) in [6.45, 7) is 5.26. The van der Waals surface area contributed by atoms with Crippen molar-refractivity contribution < 1.29 is 19.4 Å². The van der Waals surface area contributed by atoms with E-state index in [1.807, 2.05) is 59.5 Å². The fourth-order valence-electron chi connectivity index (χ4n) is 6.41. The van der Waals surface area contributed by atoms with Crippen molar-refractivity contribution in [1.29, 1.82) is 0 Å². The molecule has 7 nitrogen and oxygen atoms in total. The molecule has 1 fully saturated rings. The quantitative estimate of drug-likeness (QED) is 0.218. The Balaban J connectivity index is 1.22. The number of hydrogen-bond acceptors (Lipinski definition) is 4. The number of ether oxygens (including phenoxy) is 1. The molecule has 8 heteroatoms. The first-order chi connectivity index (χ1) is 22.0. The second-order valence-electron chi connectivity index (χ2n) is 11.4. The third kappa shape index (κ3) is 5.66. The molecule has 0 spiro atoms. The molecule has 1 amide bonds. The lowest BCUT2D eigenvalue weighted by Crippen LogP contribution is -2.36. The van der Waals surface area contributed by atoms with Crippen LogP contribution >= 0.6 is 11.6 Å². The van der Waals surface area contributed by atoms with Crippen molar-refractivity contribution in [3.05, 3.63) is 136 Å². The van der Waals surface area contributed by atoms with Crippen LogP contribution in [0.5, 0.6) is 0 Å². The van der Waals surface area contributed by atoms with E-state index in [2.05, 4.69) is 27.7 Å². The minimum absolute atomic E-state index is 0.173. The van der Waals surface area contributed by atoms with Crippen molar-refractivity contribution >= 4 is 29.2 Å². The summed E-state index contributed by atoms with van der Waals surface area (Å²) in [6, 6.07) is 32.4. The molecule has 0 saturated carbocycles. The number of nitrogens with zero attached hydrogens (tertiary/aromatic N) is 3. The lowest BCUT2D eigenvalue weighted by atomic mass is 9.91. The Morgan fingerprint density at radius 1 is 0.756 bits per heavy atom. The molecule has 4 aromatic carbocycles. The van der Waals surface area contributed by atoms with Crippen LogP contribution in [0.4, 0.5) is 5.69 Å². The van der Waals surface area contributed by atoms with E-state index >= 15 is 0 Å². The van der Waals surface area contributed by atoms with Gasteiger partial charge in [0.25, 0.3) is 5.91 Å². The Kier molecular flexibility index (Phi) is 7.98. The number of carboxylic acid groups (broad SMARTS) is 1. The minimum Gasteiger partial charge on any atom is -0.478 e. The van der Waals surface area contributed by atoms with Crippen LogP contribution in [-0.2, 0) is 24.4 Å². The largest absolute Gasteiger partial charge is 0.478 e. The molecule has 0 radical (unpaired) electrons. The lowest BCUT2D eigenvalue weighted by molar-refractivity contribution is 0.0332. The molecule has 45 heavy (non-hydrogen) atoms. The SMILES string of the molecule is O=C(O)c1ccccc1-c1ccccc1-c1ccc(C(=O)N2Cc3ccc(CN4CCOCC4)n3Cc3ccccc32)c(Cl)c1. The van der Waals surface area contributed by atoms with E-state index in [0.29, 0.717) is 29.2 Å². The summed E-state index contributed by atoms with van der Waals surface area (Å²) in [5, 5.41) is 10.1. The smallest absolute Gasteiger partial charge is 0.336 e. The topological polar surface area (TPSA) is 75.0 Å². The van der Waals surface area contributed by atoms with E-state index in [1.54, 1.807) is 30.3 Å². The predicted octanol–water partition coefficient (Wildman–Crippen LogP) is 7.21. The van der Waals surface area contributed by atoms with Gasteiger partial charge in [0.1, 0.15) is 0 Å². The molecule has 1 aromatic heterocycles. The summed E-state index contributed by atoms with van der Waals surface area (Å²) in [5.41, 5.74) is 7.90. The van der Waals surface area contributed by atoms with Gasteiger partial charge < -0.3 is 19.3 Å². The van der Waals surface area contributed by atoms with Gasteiger partial charge in [-0.15, -0.1) is 0 Å². The monoisotopic (exact) mass is 617 g/mol. The van der Waals surface area contributed by atoms with Crippen molar-refractivity contribution in [2.75, 3.05) is 31.2 Å². The molecule has 2 aliphatic rings. The van der Waals surface area contributed by atoms with Crippen molar-refractivity contribution in [3.63, 3.8) is 0 Å². The summed E-state index contributed by atoms with van der Waals surface area (Å²) in [4.78, 5) is 30.5. The van der Waals surface area contributed by atoms with E-state index < -0.39 is 5.97 Å². The highest BCUT2D eigenvalue weighted by Gasteiger charge is 2.28. The molecule has 0 atom stereocenters. The Hall–Kier alpha value is -4.69. The Labute approximate surface area is 266 Å². The van der Waals surface area contributed by atoms with Crippen LogP contribution in [-0.4, -0.2) is 52.8 Å². The fourth-order valence-corrected chi connectivity index (χ4v) is 6.67. The number of amides is 1. The number of halogens is 1. The number of aromatic nitrogens is 1. The molecule has 3 heterocycles. The summed E-state index contributed by atoms with van der Waals surface area (Å²) >= 11 is 6.89. The molecule has 0 bridgehead atoms. The number of rotatable bonds is 6. The van der Waals surface area contributed by atoms with Crippen LogP contribution in [0.25, 0.3) is 22.3 Å². The normalized spacial score (nSPS) is 14.8. The molecule has 226 valence electrons. The van der Waals surface area contributed by atoms with Gasteiger partial charge in [0, 0.05) is 43.3 Å². The first-order valence-electron chi connectivity index (χ1n) is 15.1. The van der Waals surface area contributed by atoms with E-state index in [4.69, 9.17) is 16.3 Å². The van der Waals surface area contributed by atoms with Gasteiger partial charge in [-0.25, -0.2) is 4.79 Å². The van der Waals surface area contributed by atoms with Crippen LogP contribution in [0.15, 0.2) is 103 Å². The highest BCUT2D eigenvalue weighted by molar-refractivity contribution is 6.35. The Morgan fingerprint density at radius 3 is 2.24 bits per heavy atom. The summed E-state index contributed by atoms with van der Waals surface area (Å²) < 4.78 is 7.87. The predicted molar refractivity (Wildman–Crippen MR) is 176 cm³/mol. The van der Waals surface area contributed by atoms with E-state index in [9.17, 15) is 14.7 Å². The molecule has 0 unspecified atom stereocenters. The lowest BCUT2D eigenvalue weighted by Gasteiger charge is -2.27. The molecule has 7 rings (SSSR count). The van der Waals surface area contributed by atoms with Gasteiger partial charge >= 0.3 is 5.97 Å².